The maximum atomic E-state index is 12.0. The number of hydrogen-bond acceptors (Lipinski definition) is 5. The van der Waals surface area contributed by atoms with Crippen molar-refractivity contribution in [1.29, 1.82) is 0 Å². The van der Waals surface area contributed by atoms with Crippen LogP contribution < -0.4 is 10.1 Å². The Kier molecular flexibility index (Phi) is 6.17. The van der Waals surface area contributed by atoms with Crippen LogP contribution in [-0.4, -0.2) is 22.4 Å². The second kappa shape index (κ2) is 8.13. The summed E-state index contributed by atoms with van der Waals surface area (Å²) < 4.78 is 5.23. The summed E-state index contributed by atoms with van der Waals surface area (Å²) in [4.78, 5) is 26.2. The highest BCUT2D eigenvalue weighted by Gasteiger charge is 2.19. The van der Waals surface area contributed by atoms with E-state index in [1.54, 1.807) is 38.1 Å². The molecule has 0 aliphatic heterocycles. The first-order valence-corrected chi connectivity index (χ1v) is 8.02. The van der Waals surface area contributed by atoms with Crippen LogP contribution in [0.25, 0.3) is 0 Å². The molecule has 1 aromatic carbocycles. The first kappa shape index (κ1) is 19.0. The summed E-state index contributed by atoms with van der Waals surface area (Å²) in [6, 6.07) is 7.56. The van der Waals surface area contributed by atoms with Gasteiger partial charge in [-0.1, -0.05) is 29.3 Å². The maximum Gasteiger partial charge on any atom is 0.406 e. The zero-order chi connectivity index (χ0) is 18.6. The number of benzene rings is 1. The minimum Gasteiger partial charge on any atom is -0.476 e. The minimum absolute atomic E-state index is 0.0667. The number of rotatable bonds is 6. The summed E-state index contributed by atoms with van der Waals surface area (Å²) in [6.45, 7) is 2.99. The molecular formula is C16H15Cl2N3O4. The Morgan fingerprint density at radius 3 is 2.72 bits per heavy atom. The zero-order valence-electron chi connectivity index (χ0n) is 13.5. The van der Waals surface area contributed by atoms with Crippen LogP contribution in [0.1, 0.15) is 24.2 Å². The quantitative estimate of drug-likeness (QED) is 0.603. The van der Waals surface area contributed by atoms with Gasteiger partial charge in [0.25, 0.3) is 5.91 Å². The number of nitrogens with zero attached hydrogens (tertiary/aromatic N) is 2. The summed E-state index contributed by atoms with van der Waals surface area (Å²) in [5, 5.41) is 14.6. The second-order valence-electron chi connectivity index (χ2n) is 5.28. The molecule has 132 valence electrons. The molecule has 25 heavy (non-hydrogen) atoms. The molecule has 0 bridgehead atoms. The highest BCUT2D eigenvalue weighted by atomic mass is 35.5. The van der Waals surface area contributed by atoms with E-state index >= 15 is 0 Å². The highest BCUT2D eigenvalue weighted by Crippen LogP contribution is 2.26. The molecule has 1 heterocycles. The number of carbonyl (C=O) groups is 1. The Morgan fingerprint density at radius 1 is 1.36 bits per heavy atom. The topological polar surface area (TPSA) is 94.4 Å². The van der Waals surface area contributed by atoms with E-state index < -0.39 is 16.6 Å². The average Bonchev–Trinajstić information content (AvgIpc) is 2.53. The maximum absolute atomic E-state index is 12.0. The fourth-order valence-corrected chi connectivity index (χ4v) is 2.70. The number of aryl methyl sites for hydroxylation is 1. The third-order valence-electron chi connectivity index (χ3n) is 3.32. The predicted molar refractivity (Wildman–Crippen MR) is 94.1 cm³/mol. The zero-order valence-corrected chi connectivity index (χ0v) is 15.0. The van der Waals surface area contributed by atoms with E-state index in [9.17, 15) is 14.9 Å². The lowest BCUT2D eigenvalue weighted by atomic mass is 10.1. The molecule has 2 rings (SSSR count). The molecule has 1 unspecified atom stereocenters. The van der Waals surface area contributed by atoms with Crippen LogP contribution in [0.2, 0.25) is 10.0 Å². The van der Waals surface area contributed by atoms with Gasteiger partial charge < -0.3 is 20.2 Å². The van der Waals surface area contributed by atoms with Gasteiger partial charge in [-0.05, 0) is 46.7 Å². The van der Waals surface area contributed by atoms with Crippen molar-refractivity contribution in [3.8, 4) is 5.75 Å². The van der Waals surface area contributed by atoms with Crippen molar-refractivity contribution >= 4 is 34.9 Å². The van der Waals surface area contributed by atoms with Gasteiger partial charge in [-0.15, -0.1) is 0 Å². The standard InChI is InChI=1S/C16H15Cl2N3O4/c1-9-3-6-14(16(19-9)21(23)24)25-8-15(22)20-10(2)12-5-4-11(17)7-13(12)18/h3-7,10H,8H2,1-2H3,(H,20,22). The Balaban J connectivity index is 2.00. The van der Waals surface area contributed by atoms with Gasteiger partial charge in [0.05, 0.1) is 6.04 Å². The first-order valence-electron chi connectivity index (χ1n) is 7.27. The number of pyridine rings is 1. The Bertz CT molecular complexity index is 814. The number of aromatic nitrogens is 1. The molecule has 0 spiro atoms. The smallest absolute Gasteiger partial charge is 0.406 e. The van der Waals surface area contributed by atoms with Gasteiger partial charge in [-0.25, -0.2) is 0 Å². The van der Waals surface area contributed by atoms with Crippen LogP contribution in [0, 0.1) is 17.0 Å². The van der Waals surface area contributed by atoms with E-state index in [0.29, 0.717) is 21.3 Å². The molecule has 2 aromatic rings. The molecule has 0 aliphatic rings. The summed E-state index contributed by atoms with van der Waals surface area (Å²) in [5.41, 5.74) is 1.18. The molecule has 0 saturated heterocycles. The van der Waals surface area contributed by atoms with Crippen LogP contribution in [-0.2, 0) is 4.79 Å². The molecule has 1 aromatic heterocycles. The lowest BCUT2D eigenvalue weighted by Crippen LogP contribution is -2.31. The monoisotopic (exact) mass is 383 g/mol. The van der Waals surface area contributed by atoms with Crippen molar-refractivity contribution in [1.82, 2.24) is 10.3 Å². The molecule has 1 atom stereocenters. The van der Waals surface area contributed by atoms with Crippen molar-refractivity contribution in [3.05, 3.63) is 61.7 Å². The Morgan fingerprint density at radius 2 is 2.08 bits per heavy atom. The van der Waals surface area contributed by atoms with E-state index in [4.69, 9.17) is 27.9 Å². The van der Waals surface area contributed by atoms with Crippen LogP contribution in [0.4, 0.5) is 5.82 Å². The molecule has 9 heteroatoms. The average molecular weight is 384 g/mol. The van der Waals surface area contributed by atoms with Crippen LogP contribution in [0.5, 0.6) is 5.75 Å². The molecule has 0 saturated carbocycles. The number of ether oxygens (including phenoxy) is 1. The number of amides is 1. The number of carbonyl (C=O) groups excluding carboxylic acids is 1. The van der Waals surface area contributed by atoms with Crippen LogP contribution in [0.3, 0.4) is 0 Å². The van der Waals surface area contributed by atoms with Crippen molar-refractivity contribution in [2.75, 3.05) is 6.61 Å². The second-order valence-corrected chi connectivity index (χ2v) is 6.12. The van der Waals surface area contributed by atoms with Crippen molar-refractivity contribution in [2.24, 2.45) is 0 Å². The van der Waals surface area contributed by atoms with Gasteiger partial charge >= 0.3 is 5.82 Å². The summed E-state index contributed by atoms with van der Waals surface area (Å²) >= 11 is 11.9. The third kappa shape index (κ3) is 5.04. The SMILES string of the molecule is Cc1ccc(OCC(=O)NC(C)c2ccc(Cl)cc2Cl)c([N+](=O)[O-])n1. The van der Waals surface area contributed by atoms with Gasteiger partial charge in [0.1, 0.15) is 5.69 Å². The van der Waals surface area contributed by atoms with E-state index in [2.05, 4.69) is 10.3 Å². The molecule has 7 nitrogen and oxygen atoms in total. The van der Waals surface area contributed by atoms with E-state index in [0.717, 1.165) is 0 Å². The van der Waals surface area contributed by atoms with Gasteiger partial charge in [0.2, 0.25) is 5.75 Å². The van der Waals surface area contributed by atoms with Crippen molar-refractivity contribution in [2.45, 2.75) is 19.9 Å². The lowest BCUT2D eigenvalue weighted by Gasteiger charge is -2.16. The van der Waals surface area contributed by atoms with E-state index in [1.165, 1.54) is 6.07 Å². The molecule has 0 aliphatic carbocycles. The Hall–Kier alpha value is -2.38. The molecule has 0 radical (unpaired) electrons. The largest absolute Gasteiger partial charge is 0.476 e. The Labute approximate surface area is 154 Å². The fraction of sp³-hybridized carbons (Fsp3) is 0.250. The van der Waals surface area contributed by atoms with E-state index in [-0.39, 0.29) is 18.4 Å². The van der Waals surface area contributed by atoms with Gasteiger partial charge in [-0.3, -0.25) is 4.79 Å². The van der Waals surface area contributed by atoms with Crippen LogP contribution >= 0.6 is 23.2 Å². The highest BCUT2D eigenvalue weighted by molar-refractivity contribution is 6.35. The lowest BCUT2D eigenvalue weighted by molar-refractivity contribution is -0.390. The molecule has 1 N–H and O–H groups in total. The van der Waals surface area contributed by atoms with Gasteiger partial charge in [0.15, 0.2) is 6.61 Å². The van der Waals surface area contributed by atoms with Crippen molar-refractivity contribution in [3.63, 3.8) is 0 Å². The van der Waals surface area contributed by atoms with Gasteiger partial charge in [0, 0.05) is 17.0 Å². The molecule has 0 fully saturated rings. The molecule has 1 amide bonds. The fourth-order valence-electron chi connectivity index (χ4n) is 2.13. The number of halogens is 2. The summed E-state index contributed by atoms with van der Waals surface area (Å²) in [5.74, 6) is -0.946. The van der Waals surface area contributed by atoms with Gasteiger partial charge in [-0.2, -0.15) is 0 Å². The summed E-state index contributed by atoms with van der Waals surface area (Å²) in [6.07, 6.45) is 0. The normalized spacial score (nSPS) is 11.7. The van der Waals surface area contributed by atoms with E-state index in [1.807, 2.05) is 0 Å². The predicted octanol–water partition coefficient (Wildman–Crippen LogP) is 3.86. The number of hydrogen-bond donors (Lipinski definition) is 1. The molecular weight excluding hydrogens is 369 g/mol. The third-order valence-corrected chi connectivity index (χ3v) is 3.88. The van der Waals surface area contributed by atoms with Crippen LogP contribution in [0.15, 0.2) is 30.3 Å². The van der Waals surface area contributed by atoms with Crippen molar-refractivity contribution < 1.29 is 14.5 Å². The minimum atomic E-state index is -0.656. The summed E-state index contributed by atoms with van der Waals surface area (Å²) in [7, 11) is 0. The number of nitrogens with one attached hydrogen (secondary N) is 1. The number of nitro groups is 1. The first-order chi connectivity index (χ1) is 11.8.